The zero-order valence-electron chi connectivity index (χ0n) is 11.7. The average Bonchev–Trinajstić information content (AvgIpc) is 2.89. The fraction of sp³-hybridized carbons (Fsp3) is 0.571. The summed E-state index contributed by atoms with van der Waals surface area (Å²) in [4.78, 5) is 0. The molecule has 1 aliphatic heterocycles. The monoisotopic (exact) mass is 275 g/mol. The zero-order chi connectivity index (χ0) is 13.8. The summed E-state index contributed by atoms with van der Waals surface area (Å²) in [5.74, 6) is 0.945. The van der Waals surface area contributed by atoms with E-state index < -0.39 is 0 Å². The molecule has 1 aliphatic rings. The average molecular weight is 275 g/mol. The van der Waals surface area contributed by atoms with Crippen molar-refractivity contribution in [2.45, 2.75) is 32.0 Å². The molecular weight excluding hydrogens is 254 g/mol. The third-order valence-corrected chi connectivity index (χ3v) is 3.63. The number of rotatable bonds is 5. The van der Waals surface area contributed by atoms with Crippen molar-refractivity contribution >= 4 is 5.65 Å². The standard InChI is InChI=1S/C14H21N5O/c1-11(8-12-10-20-7-5-15-12)16-9-14-18-17-13-4-2-3-6-19(13)14/h2-4,6,11-12,15-16H,5,7-10H2,1H3. The Hall–Kier alpha value is -1.50. The Bertz CT molecular complexity index is 549. The predicted octanol–water partition coefficient (Wildman–Crippen LogP) is 0.586. The number of pyridine rings is 1. The topological polar surface area (TPSA) is 63.5 Å². The molecule has 6 nitrogen and oxygen atoms in total. The second-order valence-electron chi connectivity index (χ2n) is 5.29. The van der Waals surface area contributed by atoms with E-state index in [1.807, 2.05) is 28.8 Å². The van der Waals surface area contributed by atoms with Gasteiger partial charge in [-0.2, -0.15) is 0 Å². The molecule has 0 aliphatic carbocycles. The minimum atomic E-state index is 0.408. The van der Waals surface area contributed by atoms with Gasteiger partial charge in [-0.15, -0.1) is 10.2 Å². The highest BCUT2D eigenvalue weighted by Gasteiger charge is 2.16. The smallest absolute Gasteiger partial charge is 0.160 e. The van der Waals surface area contributed by atoms with E-state index in [1.165, 1.54) is 0 Å². The van der Waals surface area contributed by atoms with Gasteiger partial charge in [0.25, 0.3) is 0 Å². The molecule has 0 aromatic carbocycles. The van der Waals surface area contributed by atoms with Crippen molar-refractivity contribution in [1.82, 2.24) is 25.2 Å². The molecule has 1 saturated heterocycles. The van der Waals surface area contributed by atoms with Crippen LogP contribution in [0.5, 0.6) is 0 Å². The molecule has 2 atom stereocenters. The van der Waals surface area contributed by atoms with Crippen molar-refractivity contribution in [2.75, 3.05) is 19.8 Å². The van der Waals surface area contributed by atoms with Crippen LogP contribution >= 0.6 is 0 Å². The Morgan fingerprint density at radius 2 is 2.45 bits per heavy atom. The van der Waals surface area contributed by atoms with Gasteiger partial charge in [0.2, 0.25) is 0 Å². The van der Waals surface area contributed by atoms with Gasteiger partial charge in [-0.3, -0.25) is 4.40 Å². The SMILES string of the molecule is CC(CC1COCCN1)NCc1nnc2ccccn12. The van der Waals surface area contributed by atoms with Crippen LogP contribution in [-0.2, 0) is 11.3 Å². The Morgan fingerprint density at radius 3 is 3.30 bits per heavy atom. The maximum atomic E-state index is 5.47. The summed E-state index contributed by atoms with van der Waals surface area (Å²) in [5, 5.41) is 15.4. The fourth-order valence-electron chi connectivity index (χ4n) is 2.56. The Labute approximate surface area is 118 Å². The van der Waals surface area contributed by atoms with Crippen molar-refractivity contribution in [2.24, 2.45) is 0 Å². The van der Waals surface area contributed by atoms with Crippen LogP contribution in [0.15, 0.2) is 24.4 Å². The zero-order valence-corrected chi connectivity index (χ0v) is 11.7. The molecule has 108 valence electrons. The van der Waals surface area contributed by atoms with Crippen molar-refractivity contribution in [1.29, 1.82) is 0 Å². The first kappa shape index (κ1) is 13.5. The number of aromatic nitrogens is 3. The van der Waals surface area contributed by atoms with Crippen molar-refractivity contribution in [3.63, 3.8) is 0 Å². The molecule has 2 aromatic heterocycles. The van der Waals surface area contributed by atoms with Gasteiger partial charge in [0, 0.05) is 24.8 Å². The van der Waals surface area contributed by atoms with E-state index >= 15 is 0 Å². The van der Waals surface area contributed by atoms with E-state index in [-0.39, 0.29) is 0 Å². The number of nitrogens with zero attached hydrogens (tertiary/aromatic N) is 3. The van der Waals surface area contributed by atoms with Crippen LogP contribution in [0.25, 0.3) is 5.65 Å². The molecular formula is C14H21N5O. The number of fused-ring (bicyclic) bond motifs is 1. The first-order chi connectivity index (χ1) is 9.83. The highest BCUT2D eigenvalue weighted by Crippen LogP contribution is 2.05. The molecule has 6 heteroatoms. The maximum absolute atomic E-state index is 5.47. The maximum Gasteiger partial charge on any atom is 0.160 e. The second kappa shape index (κ2) is 6.30. The van der Waals surface area contributed by atoms with Crippen LogP contribution in [0.3, 0.4) is 0 Å². The lowest BCUT2D eigenvalue weighted by molar-refractivity contribution is 0.0711. The Balaban J connectivity index is 1.53. The lowest BCUT2D eigenvalue weighted by Crippen LogP contribution is -2.44. The molecule has 0 amide bonds. The minimum absolute atomic E-state index is 0.408. The summed E-state index contributed by atoms with van der Waals surface area (Å²) >= 11 is 0. The van der Waals surface area contributed by atoms with E-state index in [0.717, 1.165) is 44.2 Å². The number of hydrogen-bond donors (Lipinski definition) is 2. The molecule has 20 heavy (non-hydrogen) atoms. The van der Waals surface area contributed by atoms with Gasteiger partial charge < -0.3 is 15.4 Å². The van der Waals surface area contributed by atoms with E-state index in [2.05, 4.69) is 27.8 Å². The molecule has 3 heterocycles. The molecule has 3 rings (SSSR count). The molecule has 0 radical (unpaired) electrons. The summed E-state index contributed by atoms with van der Waals surface area (Å²) in [6.07, 6.45) is 3.05. The molecule has 2 aromatic rings. The number of ether oxygens (including phenoxy) is 1. The molecule has 2 unspecified atom stereocenters. The van der Waals surface area contributed by atoms with Gasteiger partial charge in [0.1, 0.15) is 0 Å². The summed E-state index contributed by atoms with van der Waals surface area (Å²) < 4.78 is 7.49. The van der Waals surface area contributed by atoms with Gasteiger partial charge in [0.05, 0.1) is 19.8 Å². The van der Waals surface area contributed by atoms with Crippen LogP contribution in [0.1, 0.15) is 19.2 Å². The van der Waals surface area contributed by atoms with Gasteiger partial charge in [0.15, 0.2) is 11.5 Å². The normalized spacial score (nSPS) is 21.1. The van der Waals surface area contributed by atoms with Gasteiger partial charge >= 0.3 is 0 Å². The summed E-state index contributed by atoms with van der Waals surface area (Å²) in [5.41, 5.74) is 0.888. The second-order valence-corrected chi connectivity index (χ2v) is 5.29. The summed E-state index contributed by atoms with van der Waals surface area (Å²) in [6.45, 7) is 5.50. The summed E-state index contributed by atoms with van der Waals surface area (Å²) in [7, 11) is 0. The third-order valence-electron chi connectivity index (χ3n) is 3.63. The largest absolute Gasteiger partial charge is 0.379 e. The Kier molecular flexibility index (Phi) is 4.25. The Morgan fingerprint density at radius 1 is 1.50 bits per heavy atom. The summed E-state index contributed by atoms with van der Waals surface area (Å²) in [6, 6.07) is 6.78. The van der Waals surface area contributed by atoms with E-state index in [4.69, 9.17) is 4.74 Å². The van der Waals surface area contributed by atoms with E-state index in [1.54, 1.807) is 0 Å². The highest BCUT2D eigenvalue weighted by atomic mass is 16.5. The van der Waals surface area contributed by atoms with Gasteiger partial charge in [-0.05, 0) is 25.5 Å². The van der Waals surface area contributed by atoms with Crippen molar-refractivity contribution in [3.8, 4) is 0 Å². The van der Waals surface area contributed by atoms with Crippen LogP contribution in [0, 0.1) is 0 Å². The van der Waals surface area contributed by atoms with Gasteiger partial charge in [-0.1, -0.05) is 6.07 Å². The van der Waals surface area contributed by atoms with Crippen LogP contribution in [-0.4, -0.2) is 46.4 Å². The lowest BCUT2D eigenvalue weighted by Gasteiger charge is -2.26. The molecule has 0 saturated carbocycles. The van der Waals surface area contributed by atoms with Crippen LogP contribution in [0.4, 0.5) is 0 Å². The molecule has 0 bridgehead atoms. The first-order valence-electron chi connectivity index (χ1n) is 7.16. The van der Waals surface area contributed by atoms with Crippen LogP contribution < -0.4 is 10.6 Å². The lowest BCUT2D eigenvalue weighted by atomic mass is 10.1. The van der Waals surface area contributed by atoms with Gasteiger partial charge in [-0.25, -0.2) is 0 Å². The van der Waals surface area contributed by atoms with Crippen molar-refractivity contribution in [3.05, 3.63) is 30.2 Å². The van der Waals surface area contributed by atoms with Crippen LogP contribution in [0.2, 0.25) is 0 Å². The number of nitrogens with one attached hydrogen (secondary N) is 2. The van der Waals surface area contributed by atoms with E-state index in [0.29, 0.717) is 12.1 Å². The molecule has 1 fully saturated rings. The number of morpholine rings is 1. The third kappa shape index (κ3) is 3.15. The van der Waals surface area contributed by atoms with E-state index in [9.17, 15) is 0 Å². The fourth-order valence-corrected chi connectivity index (χ4v) is 2.56. The minimum Gasteiger partial charge on any atom is -0.379 e. The molecule has 0 spiro atoms. The van der Waals surface area contributed by atoms with Crippen molar-refractivity contribution < 1.29 is 4.74 Å². The first-order valence-corrected chi connectivity index (χ1v) is 7.16. The number of hydrogen-bond acceptors (Lipinski definition) is 5. The molecule has 2 N–H and O–H groups in total. The quantitative estimate of drug-likeness (QED) is 0.836. The highest BCUT2D eigenvalue weighted by molar-refractivity contribution is 5.36. The predicted molar refractivity (Wildman–Crippen MR) is 76.5 cm³/mol.